The molecule has 0 bridgehead atoms. The zero-order chi connectivity index (χ0) is 15.0. The van der Waals surface area contributed by atoms with Crippen LogP contribution in [-0.4, -0.2) is 29.3 Å². The third kappa shape index (κ3) is 3.63. The number of hydrogen-bond donors (Lipinski definition) is 2. The molecule has 106 valence electrons. The number of halogens is 4. The van der Waals surface area contributed by atoms with Crippen LogP contribution in [0.25, 0.3) is 0 Å². The maximum absolute atomic E-state index is 13.0. The predicted octanol–water partition coefficient (Wildman–Crippen LogP) is 1.99. The fraction of sp³-hybridized carbons (Fsp3) is 0.125. The Kier molecular flexibility index (Phi) is 4.95. The van der Waals surface area contributed by atoms with Gasteiger partial charge in [0.15, 0.2) is 0 Å². The van der Waals surface area contributed by atoms with E-state index in [4.69, 9.17) is 4.55 Å². The molecule has 1 rings (SSSR count). The molecule has 6 nitrogen and oxygen atoms in total. The van der Waals surface area contributed by atoms with E-state index >= 15 is 0 Å². The average molecular weight is 520 g/mol. The van der Waals surface area contributed by atoms with E-state index in [2.05, 4.69) is 4.74 Å². The summed E-state index contributed by atoms with van der Waals surface area (Å²) in [7, 11) is -5.91. The number of ether oxygens (including phenoxy) is 1. The largest absolute Gasteiger partial charge is 0.507 e. The van der Waals surface area contributed by atoms with Gasteiger partial charge in [0, 0.05) is 0 Å². The van der Waals surface area contributed by atoms with Gasteiger partial charge in [0.25, 0.3) is 0 Å². The van der Waals surface area contributed by atoms with Gasteiger partial charge in [-0.1, -0.05) is 0 Å². The minimum Gasteiger partial charge on any atom is -0.507 e. The van der Waals surface area contributed by atoms with Crippen molar-refractivity contribution in [2.24, 2.45) is 0 Å². The Morgan fingerprint density at radius 2 is 1.79 bits per heavy atom. The first-order chi connectivity index (χ1) is 8.46. The molecule has 0 heterocycles. The second kappa shape index (κ2) is 5.61. The highest BCUT2D eigenvalue weighted by atomic mass is 127. The van der Waals surface area contributed by atoms with Crippen LogP contribution in [0.1, 0.15) is 0 Å². The normalized spacial score (nSPS) is 12.3. The van der Waals surface area contributed by atoms with Gasteiger partial charge in [-0.3, -0.25) is 4.55 Å². The van der Waals surface area contributed by atoms with Crippen LogP contribution in [0.4, 0.5) is 8.78 Å². The van der Waals surface area contributed by atoms with Gasteiger partial charge < -0.3 is 9.84 Å². The minimum atomic E-state index is -5.91. The van der Waals surface area contributed by atoms with E-state index in [-0.39, 0.29) is 18.6 Å². The Bertz CT molecular complexity index is 630. The molecule has 0 fully saturated rings. The van der Waals surface area contributed by atoms with E-state index in [0.29, 0.717) is 0 Å². The maximum Gasteiger partial charge on any atom is 0.466 e. The highest BCUT2D eigenvalue weighted by molar-refractivity contribution is 14.1. The number of esters is 1. The van der Waals surface area contributed by atoms with Crippen LogP contribution in [0.15, 0.2) is 12.1 Å². The summed E-state index contributed by atoms with van der Waals surface area (Å²) in [6.07, 6.45) is 0. The molecule has 1 aromatic rings. The van der Waals surface area contributed by atoms with Crippen molar-refractivity contribution >= 4 is 61.3 Å². The second-order valence-electron chi connectivity index (χ2n) is 3.12. The third-order valence-corrected chi connectivity index (χ3v) is 4.29. The Hall–Kier alpha value is -0.280. The Morgan fingerprint density at radius 3 is 2.26 bits per heavy atom. The van der Waals surface area contributed by atoms with Crippen LogP contribution in [0.3, 0.4) is 0 Å². The van der Waals surface area contributed by atoms with Gasteiger partial charge in [0.1, 0.15) is 11.5 Å². The van der Waals surface area contributed by atoms with Gasteiger partial charge in [0.2, 0.25) is 0 Å². The zero-order valence-electron chi connectivity index (χ0n) is 8.60. The summed E-state index contributed by atoms with van der Waals surface area (Å²) in [5, 5.41) is 4.24. The van der Waals surface area contributed by atoms with Crippen molar-refractivity contribution in [3.8, 4) is 11.5 Å². The molecule has 2 N–H and O–H groups in total. The quantitative estimate of drug-likeness (QED) is 0.274. The van der Waals surface area contributed by atoms with Crippen LogP contribution in [-0.2, 0) is 14.9 Å². The SMILES string of the molecule is O=C(Oc1cc(I)c(O)cc1I)C(F)(F)S(=O)(=O)O. The van der Waals surface area contributed by atoms with Gasteiger partial charge in [0.05, 0.1) is 7.14 Å². The molecule has 11 heteroatoms. The van der Waals surface area contributed by atoms with Crippen molar-refractivity contribution in [1.82, 2.24) is 0 Å². The lowest BCUT2D eigenvalue weighted by Gasteiger charge is -2.13. The fourth-order valence-electron chi connectivity index (χ4n) is 0.861. The van der Waals surface area contributed by atoms with Crippen molar-refractivity contribution in [1.29, 1.82) is 0 Å². The highest BCUT2D eigenvalue weighted by Crippen LogP contribution is 2.32. The Morgan fingerprint density at radius 1 is 1.26 bits per heavy atom. The minimum absolute atomic E-state index is 0.106. The molecule has 0 aromatic heterocycles. The number of benzene rings is 1. The molecule has 0 aliphatic heterocycles. The van der Waals surface area contributed by atoms with Gasteiger partial charge in [-0.15, -0.1) is 0 Å². The molecule has 0 unspecified atom stereocenters. The van der Waals surface area contributed by atoms with E-state index in [9.17, 15) is 27.1 Å². The van der Waals surface area contributed by atoms with Crippen molar-refractivity contribution in [3.63, 3.8) is 0 Å². The summed E-state index contributed by atoms with van der Waals surface area (Å²) >= 11 is 3.24. The Balaban J connectivity index is 3.11. The van der Waals surface area contributed by atoms with Gasteiger partial charge in [-0.05, 0) is 57.3 Å². The monoisotopic (exact) mass is 520 g/mol. The van der Waals surface area contributed by atoms with Crippen molar-refractivity contribution in [3.05, 3.63) is 19.3 Å². The number of carbonyl (C=O) groups excluding carboxylic acids is 1. The molecular formula is C8H4F2I2O6S. The number of alkyl halides is 2. The molecule has 0 aliphatic rings. The number of rotatable bonds is 3. The molecule has 0 amide bonds. The lowest BCUT2D eigenvalue weighted by molar-refractivity contribution is -0.151. The van der Waals surface area contributed by atoms with Gasteiger partial charge in [-0.2, -0.15) is 17.2 Å². The predicted molar refractivity (Wildman–Crippen MR) is 75.7 cm³/mol. The smallest absolute Gasteiger partial charge is 0.466 e. The molecule has 0 saturated heterocycles. The molecule has 0 radical (unpaired) electrons. The number of aromatic hydroxyl groups is 1. The molecule has 0 aliphatic carbocycles. The molecular weight excluding hydrogens is 516 g/mol. The van der Waals surface area contributed by atoms with E-state index < -0.39 is 21.3 Å². The molecule has 0 spiro atoms. The summed E-state index contributed by atoms with van der Waals surface area (Å²) < 4.78 is 59.4. The molecule has 0 saturated carbocycles. The zero-order valence-corrected chi connectivity index (χ0v) is 13.7. The van der Waals surface area contributed by atoms with Gasteiger partial charge >= 0.3 is 21.3 Å². The first-order valence-corrected chi connectivity index (χ1v) is 7.81. The topological polar surface area (TPSA) is 101 Å². The third-order valence-electron chi connectivity index (χ3n) is 1.77. The standard InChI is InChI=1S/C8H4F2I2O6S/c9-8(10,19(15,16)17)7(14)18-6-2-3(11)5(13)1-4(6)12/h1-2,13H,(H,15,16,17). The number of carbonyl (C=O) groups is 1. The summed E-state index contributed by atoms with van der Waals surface area (Å²) in [4.78, 5) is 11.0. The van der Waals surface area contributed by atoms with E-state index in [1.165, 1.54) is 0 Å². The molecule has 19 heavy (non-hydrogen) atoms. The van der Waals surface area contributed by atoms with Crippen molar-refractivity contribution in [2.45, 2.75) is 5.25 Å². The number of phenols is 1. The summed E-state index contributed by atoms with van der Waals surface area (Å²) in [5.74, 6) is -2.96. The van der Waals surface area contributed by atoms with Crippen LogP contribution >= 0.6 is 45.2 Å². The van der Waals surface area contributed by atoms with E-state index in [1.54, 1.807) is 45.2 Å². The van der Waals surface area contributed by atoms with Crippen molar-refractivity contribution < 1.29 is 36.4 Å². The fourth-order valence-corrected chi connectivity index (χ4v) is 2.11. The first-order valence-electron chi connectivity index (χ1n) is 4.22. The number of phenolic OH excluding ortho intramolecular Hbond substituents is 1. The van der Waals surface area contributed by atoms with Crippen LogP contribution in [0.5, 0.6) is 11.5 Å². The van der Waals surface area contributed by atoms with Gasteiger partial charge in [-0.25, -0.2) is 4.79 Å². The maximum atomic E-state index is 13.0. The van der Waals surface area contributed by atoms with Crippen LogP contribution in [0, 0.1) is 7.14 Å². The average Bonchev–Trinajstić information content (AvgIpc) is 2.24. The Labute approximate surface area is 133 Å². The van der Waals surface area contributed by atoms with E-state index in [0.717, 1.165) is 12.1 Å². The van der Waals surface area contributed by atoms with E-state index in [1.807, 2.05) is 0 Å². The highest BCUT2D eigenvalue weighted by Gasteiger charge is 2.54. The molecule has 0 atom stereocenters. The lowest BCUT2D eigenvalue weighted by atomic mass is 10.3. The second-order valence-corrected chi connectivity index (χ2v) is 6.90. The van der Waals surface area contributed by atoms with Crippen LogP contribution < -0.4 is 4.74 Å². The van der Waals surface area contributed by atoms with Crippen LogP contribution in [0.2, 0.25) is 0 Å². The lowest BCUT2D eigenvalue weighted by Crippen LogP contribution is -2.40. The summed E-state index contributed by atoms with van der Waals surface area (Å²) in [6.45, 7) is 0. The summed E-state index contributed by atoms with van der Waals surface area (Å²) in [6, 6.07) is 2.20. The van der Waals surface area contributed by atoms with Crippen molar-refractivity contribution in [2.75, 3.05) is 0 Å². The molecule has 1 aromatic carbocycles. The number of hydrogen-bond acceptors (Lipinski definition) is 5. The summed E-state index contributed by atoms with van der Waals surface area (Å²) in [5.41, 5.74) is 0. The first kappa shape index (κ1) is 16.8.